The maximum absolute atomic E-state index is 13.2. The van der Waals surface area contributed by atoms with Crippen molar-refractivity contribution in [2.75, 3.05) is 11.4 Å². The molecule has 2 aromatic carbocycles. The van der Waals surface area contributed by atoms with Crippen LogP contribution in [0.3, 0.4) is 0 Å². The predicted octanol–water partition coefficient (Wildman–Crippen LogP) is 3.56. The van der Waals surface area contributed by atoms with Crippen molar-refractivity contribution in [2.24, 2.45) is 5.92 Å². The van der Waals surface area contributed by atoms with E-state index in [1.165, 1.54) is 29.2 Å². The average Bonchev–Trinajstić information content (AvgIpc) is 3.54. The number of nitrogens with zero attached hydrogens (tertiary/aromatic N) is 2. The van der Waals surface area contributed by atoms with Gasteiger partial charge in [0.2, 0.25) is 5.91 Å². The Morgan fingerprint density at radius 2 is 1.73 bits per heavy atom. The molecule has 1 N–H and O–H groups in total. The van der Waals surface area contributed by atoms with Gasteiger partial charge in [-0.15, -0.1) is 0 Å². The molecule has 1 heterocycles. The van der Waals surface area contributed by atoms with Crippen LogP contribution in [-0.2, 0) is 9.59 Å². The number of hydrogen-bond acceptors (Lipinski definition) is 3. The minimum Gasteiger partial charge on any atom is -0.347 e. The van der Waals surface area contributed by atoms with Gasteiger partial charge in [0.15, 0.2) is 0 Å². The molecule has 6 nitrogen and oxygen atoms in total. The fourth-order valence-corrected chi connectivity index (χ4v) is 3.85. The Kier molecular flexibility index (Phi) is 5.28. The summed E-state index contributed by atoms with van der Waals surface area (Å²) in [6.45, 7) is 3.27. The Balaban J connectivity index is 1.47. The zero-order chi connectivity index (χ0) is 21.4. The van der Waals surface area contributed by atoms with Crippen molar-refractivity contribution in [3.8, 4) is 0 Å². The molecule has 2 unspecified atom stereocenters. The summed E-state index contributed by atoms with van der Waals surface area (Å²) in [6.07, 6.45) is 2.07. The first-order chi connectivity index (χ1) is 14.3. The van der Waals surface area contributed by atoms with Crippen LogP contribution >= 0.6 is 0 Å². The standard InChI is InChI=1S/C23H24FN3O3/c1-14-3-5-16(6-4-14)21(17-7-8-17)25-20(28)13-26-22(29)15(2)27(23(26)30)19-11-9-18(24)10-12-19/h3-6,9-12,15,17,21H,7-8,13H2,1-2H3,(H,25,28). The van der Waals surface area contributed by atoms with Gasteiger partial charge in [-0.25, -0.2) is 9.18 Å². The third-order valence-corrected chi connectivity index (χ3v) is 5.70. The number of benzene rings is 2. The molecule has 30 heavy (non-hydrogen) atoms. The SMILES string of the molecule is Cc1ccc(C(NC(=O)CN2C(=O)C(C)N(c3ccc(F)cc3)C2=O)C2CC2)cc1. The van der Waals surface area contributed by atoms with E-state index in [1.54, 1.807) is 6.92 Å². The lowest BCUT2D eigenvalue weighted by Crippen LogP contribution is -2.43. The van der Waals surface area contributed by atoms with Gasteiger partial charge in [-0.2, -0.15) is 0 Å². The Bertz CT molecular complexity index is 970. The third kappa shape index (κ3) is 3.92. The molecule has 4 amide bonds. The van der Waals surface area contributed by atoms with Gasteiger partial charge in [-0.3, -0.25) is 19.4 Å². The minimum atomic E-state index is -0.757. The molecule has 0 bridgehead atoms. The molecule has 2 atom stereocenters. The summed E-state index contributed by atoms with van der Waals surface area (Å²) in [7, 11) is 0. The molecule has 1 saturated heterocycles. The number of carbonyl (C=O) groups excluding carboxylic acids is 3. The van der Waals surface area contributed by atoms with E-state index < -0.39 is 23.8 Å². The molecule has 1 aliphatic carbocycles. The van der Waals surface area contributed by atoms with E-state index in [1.807, 2.05) is 31.2 Å². The van der Waals surface area contributed by atoms with Gasteiger partial charge >= 0.3 is 6.03 Å². The van der Waals surface area contributed by atoms with Crippen LogP contribution in [0.25, 0.3) is 0 Å². The maximum atomic E-state index is 13.2. The Morgan fingerprint density at radius 3 is 2.33 bits per heavy atom. The van der Waals surface area contributed by atoms with E-state index in [9.17, 15) is 18.8 Å². The fraction of sp³-hybridized carbons (Fsp3) is 0.348. The largest absolute Gasteiger partial charge is 0.347 e. The second-order valence-corrected chi connectivity index (χ2v) is 8.02. The predicted molar refractivity (Wildman–Crippen MR) is 110 cm³/mol. The lowest BCUT2D eigenvalue weighted by molar-refractivity contribution is -0.132. The number of anilines is 1. The zero-order valence-electron chi connectivity index (χ0n) is 17.0. The van der Waals surface area contributed by atoms with E-state index in [-0.39, 0.29) is 18.5 Å². The highest BCUT2D eigenvalue weighted by Gasteiger charge is 2.44. The topological polar surface area (TPSA) is 69.7 Å². The average molecular weight is 409 g/mol. The molecule has 0 aromatic heterocycles. The second-order valence-electron chi connectivity index (χ2n) is 8.02. The lowest BCUT2D eigenvalue weighted by atomic mass is 10.0. The zero-order valence-corrected chi connectivity index (χ0v) is 17.0. The van der Waals surface area contributed by atoms with Crippen molar-refractivity contribution >= 4 is 23.5 Å². The van der Waals surface area contributed by atoms with Gasteiger partial charge in [-0.1, -0.05) is 29.8 Å². The van der Waals surface area contributed by atoms with Gasteiger partial charge in [0.25, 0.3) is 5.91 Å². The van der Waals surface area contributed by atoms with Crippen LogP contribution in [0.2, 0.25) is 0 Å². The van der Waals surface area contributed by atoms with Crippen LogP contribution in [0.1, 0.15) is 36.9 Å². The second kappa shape index (κ2) is 7.89. The quantitative estimate of drug-likeness (QED) is 0.742. The van der Waals surface area contributed by atoms with Crippen LogP contribution in [0.4, 0.5) is 14.9 Å². The molecule has 0 spiro atoms. The molecule has 2 aliphatic rings. The maximum Gasteiger partial charge on any atom is 0.332 e. The van der Waals surface area contributed by atoms with Gasteiger partial charge in [0.1, 0.15) is 18.4 Å². The van der Waals surface area contributed by atoms with Crippen molar-refractivity contribution in [2.45, 2.75) is 38.8 Å². The minimum absolute atomic E-state index is 0.128. The van der Waals surface area contributed by atoms with E-state index in [4.69, 9.17) is 0 Å². The number of aryl methyl sites for hydroxylation is 1. The number of urea groups is 1. The van der Waals surface area contributed by atoms with Gasteiger partial charge < -0.3 is 5.32 Å². The summed E-state index contributed by atoms with van der Waals surface area (Å²) >= 11 is 0. The van der Waals surface area contributed by atoms with Crippen molar-refractivity contribution in [1.82, 2.24) is 10.2 Å². The Hall–Kier alpha value is -3.22. The third-order valence-electron chi connectivity index (χ3n) is 5.70. The number of amides is 4. The van der Waals surface area contributed by atoms with Gasteiger partial charge in [-0.05, 0) is 62.4 Å². The van der Waals surface area contributed by atoms with Crippen LogP contribution in [0.5, 0.6) is 0 Å². The molecule has 7 heteroatoms. The Labute approximate surface area is 174 Å². The molecule has 156 valence electrons. The molecule has 1 saturated carbocycles. The van der Waals surface area contributed by atoms with Crippen molar-refractivity contribution < 1.29 is 18.8 Å². The molecule has 0 radical (unpaired) electrons. The van der Waals surface area contributed by atoms with Crippen molar-refractivity contribution in [3.63, 3.8) is 0 Å². The summed E-state index contributed by atoms with van der Waals surface area (Å²) in [5.74, 6) is -0.876. The summed E-state index contributed by atoms with van der Waals surface area (Å²) in [4.78, 5) is 40.5. The highest BCUT2D eigenvalue weighted by atomic mass is 19.1. The molecular formula is C23H24FN3O3. The molecule has 1 aliphatic heterocycles. The van der Waals surface area contributed by atoms with Crippen molar-refractivity contribution in [1.29, 1.82) is 0 Å². The van der Waals surface area contributed by atoms with Crippen molar-refractivity contribution in [3.05, 3.63) is 65.5 Å². The first-order valence-electron chi connectivity index (χ1n) is 10.1. The first-order valence-corrected chi connectivity index (χ1v) is 10.1. The number of carbonyl (C=O) groups is 3. The smallest absolute Gasteiger partial charge is 0.332 e. The monoisotopic (exact) mass is 409 g/mol. The highest BCUT2D eigenvalue weighted by Crippen LogP contribution is 2.41. The molecule has 4 rings (SSSR count). The van der Waals surface area contributed by atoms with E-state index in [0.717, 1.165) is 28.9 Å². The summed E-state index contributed by atoms with van der Waals surface area (Å²) in [5, 5.41) is 3.01. The Morgan fingerprint density at radius 1 is 1.10 bits per heavy atom. The number of nitrogens with one attached hydrogen (secondary N) is 1. The first kappa shape index (κ1) is 20.1. The van der Waals surface area contributed by atoms with Crippen LogP contribution in [-0.4, -0.2) is 35.3 Å². The van der Waals surface area contributed by atoms with Gasteiger partial charge in [0, 0.05) is 5.69 Å². The number of hydrogen-bond donors (Lipinski definition) is 1. The van der Waals surface area contributed by atoms with Crippen LogP contribution in [0.15, 0.2) is 48.5 Å². The number of rotatable bonds is 6. The molecule has 2 aromatic rings. The molecular weight excluding hydrogens is 385 g/mol. The van der Waals surface area contributed by atoms with Gasteiger partial charge in [0.05, 0.1) is 6.04 Å². The summed E-state index contributed by atoms with van der Waals surface area (Å²) < 4.78 is 13.2. The normalized spacial score (nSPS) is 19.9. The number of imide groups is 1. The van der Waals surface area contributed by atoms with Crippen LogP contribution < -0.4 is 10.2 Å². The van der Waals surface area contributed by atoms with E-state index in [2.05, 4.69) is 5.32 Å². The highest BCUT2D eigenvalue weighted by molar-refractivity contribution is 6.15. The summed E-state index contributed by atoms with van der Waals surface area (Å²) in [6, 6.07) is 11.9. The van der Waals surface area contributed by atoms with E-state index >= 15 is 0 Å². The number of halogens is 1. The van der Waals surface area contributed by atoms with E-state index in [0.29, 0.717) is 11.6 Å². The lowest BCUT2D eigenvalue weighted by Gasteiger charge is -2.21. The summed E-state index contributed by atoms with van der Waals surface area (Å²) in [5.41, 5.74) is 2.58. The molecule has 2 fully saturated rings. The fourth-order valence-electron chi connectivity index (χ4n) is 3.85. The van der Waals surface area contributed by atoms with Crippen LogP contribution in [0, 0.1) is 18.7 Å².